The largest absolute Gasteiger partial charge is 0.377 e. The van der Waals surface area contributed by atoms with E-state index in [1.807, 2.05) is 32.0 Å². The summed E-state index contributed by atoms with van der Waals surface area (Å²) < 4.78 is 0. The van der Waals surface area contributed by atoms with E-state index in [0.717, 1.165) is 17.4 Å². The molecule has 0 aliphatic carbocycles. The van der Waals surface area contributed by atoms with Crippen LogP contribution < -0.4 is 10.2 Å². The number of aryl methyl sites for hydroxylation is 2. The quantitative estimate of drug-likeness (QED) is 0.692. The number of carbonyl (C=O) groups excluding carboxylic acids is 1. The minimum Gasteiger partial charge on any atom is -0.377 e. The number of nitrogens with one attached hydrogen (secondary N) is 1. The Balaban J connectivity index is 2.21. The van der Waals surface area contributed by atoms with Gasteiger partial charge >= 0.3 is 0 Å². The van der Waals surface area contributed by atoms with Crippen LogP contribution in [0.1, 0.15) is 21.5 Å². The van der Waals surface area contributed by atoms with Crippen LogP contribution in [0.25, 0.3) is 0 Å². The van der Waals surface area contributed by atoms with Crippen molar-refractivity contribution in [2.45, 2.75) is 13.8 Å². The number of hydrogen-bond acceptors (Lipinski definition) is 5. The highest BCUT2D eigenvalue weighted by atomic mass is 16.6. The van der Waals surface area contributed by atoms with Gasteiger partial charge in [0.2, 0.25) is 0 Å². The summed E-state index contributed by atoms with van der Waals surface area (Å²) in [5.74, 6) is -0.0217. The molecule has 2 aromatic rings. The summed E-state index contributed by atoms with van der Waals surface area (Å²) in [5, 5.41) is 13.4. The van der Waals surface area contributed by atoms with Gasteiger partial charge in [-0.05, 0) is 43.7 Å². The zero-order chi connectivity index (χ0) is 17.1. The third kappa shape index (κ3) is 3.63. The number of pyridine rings is 1. The monoisotopic (exact) mass is 314 g/mol. The predicted molar refractivity (Wildman–Crippen MR) is 89.1 cm³/mol. The van der Waals surface area contributed by atoms with E-state index in [-0.39, 0.29) is 17.4 Å². The first-order chi connectivity index (χ1) is 10.8. The molecule has 7 heteroatoms. The van der Waals surface area contributed by atoms with Crippen LogP contribution in [0.5, 0.6) is 0 Å². The Hall–Kier alpha value is -2.96. The minimum atomic E-state index is -0.503. The molecule has 0 fully saturated rings. The lowest BCUT2D eigenvalue weighted by Crippen LogP contribution is -2.15. The molecular formula is C16H18N4O3. The SMILES string of the molecule is Cc1cc(C(=O)Nc2cc(C)c([N+](=O)[O-])cn2)ccc1N(C)C. The molecule has 0 atom stereocenters. The molecule has 0 unspecified atom stereocenters. The van der Waals surface area contributed by atoms with E-state index < -0.39 is 4.92 Å². The van der Waals surface area contributed by atoms with Crippen molar-refractivity contribution in [1.29, 1.82) is 0 Å². The molecule has 7 nitrogen and oxygen atoms in total. The Morgan fingerprint density at radius 2 is 1.91 bits per heavy atom. The lowest BCUT2D eigenvalue weighted by Gasteiger charge is -2.16. The highest BCUT2D eigenvalue weighted by Gasteiger charge is 2.14. The number of aromatic nitrogens is 1. The normalized spacial score (nSPS) is 10.3. The molecule has 2 rings (SSSR count). The van der Waals surface area contributed by atoms with E-state index in [1.165, 1.54) is 6.07 Å². The van der Waals surface area contributed by atoms with Gasteiger partial charge in [0.05, 0.1) is 4.92 Å². The minimum absolute atomic E-state index is 0.0748. The number of carbonyl (C=O) groups is 1. The van der Waals surface area contributed by atoms with Gasteiger partial charge in [-0.3, -0.25) is 14.9 Å². The standard InChI is InChI=1S/C16H18N4O3/c1-10-7-12(5-6-13(10)19(3)4)16(21)18-15-8-11(2)14(9-17-15)20(22)23/h5-9H,1-4H3,(H,17,18,21). The Morgan fingerprint density at radius 1 is 1.22 bits per heavy atom. The van der Waals surface area contributed by atoms with E-state index in [9.17, 15) is 14.9 Å². The first-order valence-electron chi connectivity index (χ1n) is 7.00. The highest BCUT2D eigenvalue weighted by molar-refractivity contribution is 6.04. The number of benzene rings is 1. The summed E-state index contributed by atoms with van der Waals surface area (Å²) in [6.45, 7) is 3.53. The van der Waals surface area contributed by atoms with Crippen molar-refractivity contribution in [1.82, 2.24) is 4.98 Å². The van der Waals surface area contributed by atoms with Gasteiger partial charge in [-0.25, -0.2) is 4.98 Å². The second-order valence-corrected chi connectivity index (χ2v) is 5.46. The van der Waals surface area contributed by atoms with Crippen molar-refractivity contribution >= 4 is 23.1 Å². The summed E-state index contributed by atoms with van der Waals surface area (Å²) in [4.78, 5) is 28.4. The summed E-state index contributed by atoms with van der Waals surface area (Å²) in [6, 6.07) is 6.88. The van der Waals surface area contributed by atoms with Crippen LogP contribution in [0, 0.1) is 24.0 Å². The van der Waals surface area contributed by atoms with Crippen LogP contribution in [0.15, 0.2) is 30.5 Å². The molecule has 0 spiro atoms. The first kappa shape index (κ1) is 16.4. The van der Waals surface area contributed by atoms with Crippen molar-refractivity contribution in [3.63, 3.8) is 0 Å². The van der Waals surface area contributed by atoms with Crippen molar-refractivity contribution in [3.8, 4) is 0 Å². The molecule has 0 aliphatic heterocycles. The van der Waals surface area contributed by atoms with Gasteiger partial charge in [0, 0.05) is 30.9 Å². The van der Waals surface area contributed by atoms with Gasteiger partial charge in [-0.1, -0.05) is 0 Å². The average molecular weight is 314 g/mol. The van der Waals surface area contributed by atoms with E-state index in [4.69, 9.17) is 0 Å². The third-order valence-electron chi connectivity index (χ3n) is 3.46. The third-order valence-corrected chi connectivity index (χ3v) is 3.46. The van der Waals surface area contributed by atoms with E-state index >= 15 is 0 Å². The van der Waals surface area contributed by atoms with E-state index in [2.05, 4.69) is 10.3 Å². The molecule has 0 saturated carbocycles. The number of nitrogens with zero attached hydrogens (tertiary/aromatic N) is 3. The first-order valence-corrected chi connectivity index (χ1v) is 7.00. The summed E-state index contributed by atoms with van der Waals surface area (Å²) >= 11 is 0. The number of hydrogen-bond donors (Lipinski definition) is 1. The molecule has 1 amide bonds. The van der Waals surface area contributed by atoms with Crippen LogP contribution in [0.3, 0.4) is 0 Å². The summed E-state index contributed by atoms with van der Waals surface area (Å²) in [6.07, 6.45) is 1.14. The number of nitro groups is 1. The smallest absolute Gasteiger partial charge is 0.290 e. The van der Waals surface area contributed by atoms with Gasteiger partial charge in [-0.2, -0.15) is 0 Å². The second kappa shape index (κ2) is 6.43. The van der Waals surface area contributed by atoms with Gasteiger partial charge in [-0.15, -0.1) is 0 Å². The highest BCUT2D eigenvalue weighted by Crippen LogP contribution is 2.21. The fourth-order valence-corrected chi connectivity index (χ4v) is 2.30. The van der Waals surface area contributed by atoms with Crippen LogP contribution in [-0.2, 0) is 0 Å². The zero-order valence-electron chi connectivity index (χ0n) is 13.5. The summed E-state index contributed by atoms with van der Waals surface area (Å²) in [5.41, 5.74) is 2.89. The number of anilines is 2. The van der Waals surface area contributed by atoms with Crippen LogP contribution in [0.2, 0.25) is 0 Å². The molecule has 0 saturated heterocycles. The van der Waals surface area contributed by atoms with Gasteiger partial charge in [0.25, 0.3) is 11.6 Å². The predicted octanol–water partition coefficient (Wildman–Crippen LogP) is 2.92. The number of rotatable bonds is 4. The van der Waals surface area contributed by atoms with Crippen LogP contribution >= 0.6 is 0 Å². The van der Waals surface area contributed by atoms with Gasteiger partial charge < -0.3 is 10.2 Å². The topological polar surface area (TPSA) is 88.4 Å². The number of amides is 1. The lowest BCUT2D eigenvalue weighted by atomic mass is 10.1. The van der Waals surface area contributed by atoms with E-state index in [1.54, 1.807) is 19.1 Å². The Labute approximate surface area is 134 Å². The molecule has 0 radical (unpaired) electrons. The maximum atomic E-state index is 12.3. The molecule has 120 valence electrons. The maximum Gasteiger partial charge on any atom is 0.290 e. The Bertz CT molecular complexity index is 772. The molecule has 1 N–H and O–H groups in total. The molecular weight excluding hydrogens is 296 g/mol. The Morgan fingerprint density at radius 3 is 2.43 bits per heavy atom. The van der Waals surface area contributed by atoms with Crippen LogP contribution in [-0.4, -0.2) is 29.9 Å². The summed E-state index contributed by atoms with van der Waals surface area (Å²) in [7, 11) is 3.87. The van der Waals surface area contributed by atoms with Gasteiger partial charge in [0.15, 0.2) is 0 Å². The fourth-order valence-electron chi connectivity index (χ4n) is 2.30. The molecule has 0 aliphatic rings. The lowest BCUT2D eigenvalue weighted by molar-refractivity contribution is -0.385. The molecule has 0 bridgehead atoms. The molecule has 1 aromatic carbocycles. The maximum absolute atomic E-state index is 12.3. The van der Waals surface area contributed by atoms with Crippen molar-refractivity contribution in [2.24, 2.45) is 0 Å². The van der Waals surface area contributed by atoms with Crippen molar-refractivity contribution in [2.75, 3.05) is 24.3 Å². The molecule has 1 aromatic heterocycles. The molecule has 1 heterocycles. The Kier molecular flexibility index (Phi) is 4.59. The molecule has 23 heavy (non-hydrogen) atoms. The zero-order valence-corrected chi connectivity index (χ0v) is 13.5. The fraction of sp³-hybridized carbons (Fsp3) is 0.250. The van der Waals surface area contributed by atoms with Gasteiger partial charge in [0.1, 0.15) is 12.0 Å². The van der Waals surface area contributed by atoms with Crippen LogP contribution in [0.4, 0.5) is 17.2 Å². The second-order valence-electron chi connectivity index (χ2n) is 5.46. The van der Waals surface area contributed by atoms with Crippen molar-refractivity contribution in [3.05, 3.63) is 57.3 Å². The van der Waals surface area contributed by atoms with E-state index in [0.29, 0.717) is 11.1 Å². The van der Waals surface area contributed by atoms with Crippen molar-refractivity contribution < 1.29 is 9.72 Å². The average Bonchev–Trinajstić information content (AvgIpc) is 2.46.